The molecule has 0 radical (unpaired) electrons. The number of benzene rings is 1. The number of hydrogen-bond acceptors (Lipinski definition) is 4. The van der Waals surface area contributed by atoms with E-state index >= 15 is 0 Å². The Morgan fingerprint density at radius 2 is 2.00 bits per heavy atom. The van der Waals surface area contributed by atoms with Crippen LogP contribution >= 0.6 is 11.6 Å². The lowest BCUT2D eigenvalue weighted by Gasteiger charge is -2.16. The van der Waals surface area contributed by atoms with E-state index in [0.717, 1.165) is 47.3 Å². The van der Waals surface area contributed by atoms with E-state index in [2.05, 4.69) is 21.3 Å². The van der Waals surface area contributed by atoms with Crippen molar-refractivity contribution in [3.05, 3.63) is 41.0 Å². The number of nitrogens with one attached hydrogen (secondary N) is 2. The van der Waals surface area contributed by atoms with Crippen LogP contribution in [0.2, 0.25) is 5.02 Å². The Morgan fingerprint density at radius 3 is 2.78 bits per heavy atom. The Hall–Kier alpha value is -2.27. The average molecular weight is 328 g/mol. The Balaban J connectivity index is 1.79. The summed E-state index contributed by atoms with van der Waals surface area (Å²) < 4.78 is 0. The number of anilines is 3. The normalized spacial score (nSPS) is 14.6. The average Bonchev–Trinajstić information content (AvgIpc) is 3.15. The molecule has 5 nitrogen and oxygen atoms in total. The Morgan fingerprint density at radius 1 is 1.17 bits per heavy atom. The van der Waals surface area contributed by atoms with Gasteiger partial charge in [0, 0.05) is 29.5 Å². The molecule has 2 aromatic heterocycles. The molecule has 0 unspecified atom stereocenters. The molecule has 4 rings (SSSR count). The zero-order chi connectivity index (χ0) is 15.8. The van der Waals surface area contributed by atoms with Crippen LogP contribution in [0, 0.1) is 6.92 Å². The predicted octanol–water partition coefficient (Wildman–Crippen LogP) is 4.26. The molecule has 3 heterocycles. The molecule has 23 heavy (non-hydrogen) atoms. The van der Waals surface area contributed by atoms with Crippen molar-refractivity contribution in [3.8, 4) is 0 Å². The first-order valence-electron chi connectivity index (χ1n) is 7.84. The molecule has 0 atom stereocenters. The van der Waals surface area contributed by atoms with Gasteiger partial charge < -0.3 is 15.2 Å². The number of aromatic nitrogens is 3. The van der Waals surface area contributed by atoms with Crippen LogP contribution in [0.5, 0.6) is 0 Å². The molecule has 118 valence electrons. The molecule has 1 aliphatic heterocycles. The van der Waals surface area contributed by atoms with Gasteiger partial charge in [0.1, 0.15) is 11.5 Å². The van der Waals surface area contributed by atoms with Crippen LogP contribution in [0.15, 0.2) is 30.3 Å². The number of aryl methyl sites for hydroxylation is 1. The van der Waals surface area contributed by atoms with Gasteiger partial charge in [-0.15, -0.1) is 0 Å². The monoisotopic (exact) mass is 327 g/mol. The Bertz CT molecular complexity index is 851. The summed E-state index contributed by atoms with van der Waals surface area (Å²) >= 11 is 6.08. The van der Waals surface area contributed by atoms with E-state index in [0.29, 0.717) is 5.02 Å². The summed E-state index contributed by atoms with van der Waals surface area (Å²) in [5.41, 5.74) is 2.86. The van der Waals surface area contributed by atoms with Gasteiger partial charge in [-0.25, -0.2) is 0 Å². The van der Waals surface area contributed by atoms with E-state index in [1.165, 1.54) is 12.8 Å². The minimum Gasteiger partial charge on any atom is -0.343 e. The highest BCUT2D eigenvalue weighted by molar-refractivity contribution is 6.30. The van der Waals surface area contributed by atoms with Crippen LogP contribution in [0.3, 0.4) is 0 Å². The van der Waals surface area contributed by atoms with E-state index in [9.17, 15) is 0 Å². The van der Waals surface area contributed by atoms with Crippen molar-refractivity contribution < 1.29 is 0 Å². The van der Waals surface area contributed by atoms with Gasteiger partial charge in [-0.05, 0) is 44.0 Å². The maximum absolute atomic E-state index is 6.08. The molecule has 0 saturated carbocycles. The first-order chi connectivity index (χ1) is 11.2. The van der Waals surface area contributed by atoms with Gasteiger partial charge in [0.25, 0.3) is 0 Å². The SMILES string of the molecule is Cc1cc2c(Nc3cccc(Cl)c3)nc(N3CCCC3)nc2[nH]1. The molecule has 0 aliphatic carbocycles. The quantitative estimate of drug-likeness (QED) is 0.754. The van der Waals surface area contributed by atoms with Crippen LogP contribution in [-0.2, 0) is 0 Å². The van der Waals surface area contributed by atoms with E-state index in [-0.39, 0.29) is 0 Å². The third-order valence-electron chi connectivity index (χ3n) is 4.09. The lowest BCUT2D eigenvalue weighted by Crippen LogP contribution is -2.20. The van der Waals surface area contributed by atoms with Gasteiger partial charge in [0.2, 0.25) is 5.95 Å². The Kier molecular flexibility index (Phi) is 3.58. The van der Waals surface area contributed by atoms with Gasteiger partial charge in [0.15, 0.2) is 0 Å². The van der Waals surface area contributed by atoms with Crippen molar-refractivity contribution in [2.45, 2.75) is 19.8 Å². The molecule has 0 spiro atoms. The second-order valence-electron chi connectivity index (χ2n) is 5.92. The summed E-state index contributed by atoms with van der Waals surface area (Å²) in [5, 5.41) is 5.07. The van der Waals surface area contributed by atoms with E-state index in [1.807, 2.05) is 31.2 Å². The lowest BCUT2D eigenvalue weighted by molar-refractivity contribution is 0.907. The predicted molar refractivity (Wildman–Crippen MR) is 94.8 cm³/mol. The molecule has 2 N–H and O–H groups in total. The second-order valence-corrected chi connectivity index (χ2v) is 6.35. The zero-order valence-electron chi connectivity index (χ0n) is 12.9. The van der Waals surface area contributed by atoms with Gasteiger partial charge in [-0.1, -0.05) is 17.7 Å². The van der Waals surface area contributed by atoms with Crippen molar-refractivity contribution in [1.82, 2.24) is 15.0 Å². The number of aromatic amines is 1. The number of nitrogens with zero attached hydrogens (tertiary/aromatic N) is 3. The molecule has 1 aliphatic rings. The smallest absolute Gasteiger partial charge is 0.229 e. The van der Waals surface area contributed by atoms with E-state index in [4.69, 9.17) is 21.6 Å². The van der Waals surface area contributed by atoms with Crippen LogP contribution in [0.4, 0.5) is 17.5 Å². The fourth-order valence-corrected chi connectivity index (χ4v) is 3.18. The number of halogens is 1. The van der Waals surface area contributed by atoms with Gasteiger partial charge in [-0.2, -0.15) is 9.97 Å². The van der Waals surface area contributed by atoms with E-state index in [1.54, 1.807) is 0 Å². The van der Waals surface area contributed by atoms with Crippen molar-refractivity contribution in [2.24, 2.45) is 0 Å². The topological polar surface area (TPSA) is 56.8 Å². The first kappa shape index (κ1) is 14.3. The maximum Gasteiger partial charge on any atom is 0.229 e. The molecule has 1 saturated heterocycles. The van der Waals surface area contributed by atoms with Gasteiger partial charge >= 0.3 is 0 Å². The third-order valence-corrected chi connectivity index (χ3v) is 4.32. The largest absolute Gasteiger partial charge is 0.343 e. The second kappa shape index (κ2) is 5.74. The van der Waals surface area contributed by atoms with Gasteiger partial charge in [0.05, 0.1) is 5.39 Å². The third kappa shape index (κ3) is 2.84. The summed E-state index contributed by atoms with van der Waals surface area (Å²) in [6, 6.07) is 9.72. The molecule has 0 amide bonds. The maximum atomic E-state index is 6.08. The van der Waals surface area contributed by atoms with Crippen LogP contribution in [0.25, 0.3) is 11.0 Å². The summed E-state index contributed by atoms with van der Waals surface area (Å²) in [5.74, 6) is 1.59. The minimum absolute atomic E-state index is 0.699. The fraction of sp³-hybridized carbons (Fsp3) is 0.294. The highest BCUT2D eigenvalue weighted by Crippen LogP contribution is 2.28. The summed E-state index contributed by atoms with van der Waals surface area (Å²) in [4.78, 5) is 15.0. The first-order valence-corrected chi connectivity index (χ1v) is 8.22. The number of hydrogen-bond donors (Lipinski definition) is 2. The van der Waals surface area contributed by atoms with Crippen LogP contribution in [-0.4, -0.2) is 28.0 Å². The van der Waals surface area contributed by atoms with Crippen molar-refractivity contribution >= 4 is 40.1 Å². The molecule has 0 bridgehead atoms. The minimum atomic E-state index is 0.699. The fourth-order valence-electron chi connectivity index (χ4n) is 2.99. The van der Waals surface area contributed by atoms with E-state index < -0.39 is 0 Å². The zero-order valence-corrected chi connectivity index (χ0v) is 13.7. The highest BCUT2D eigenvalue weighted by Gasteiger charge is 2.18. The van der Waals surface area contributed by atoms with Crippen molar-refractivity contribution in [3.63, 3.8) is 0 Å². The number of fused-ring (bicyclic) bond motifs is 1. The lowest BCUT2D eigenvalue weighted by atomic mass is 10.3. The van der Waals surface area contributed by atoms with Crippen molar-refractivity contribution in [1.29, 1.82) is 0 Å². The number of H-pyrrole nitrogens is 1. The standard InChI is InChI=1S/C17H18ClN5/c1-11-9-14-15(19-11)21-17(23-7-2-3-8-23)22-16(14)20-13-6-4-5-12(18)10-13/h4-6,9-10H,2-3,7-8H2,1H3,(H2,19,20,21,22). The molecular weight excluding hydrogens is 310 g/mol. The molecule has 3 aromatic rings. The van der Waals surface area contributed by atoms with Gasteiger partial charge in [-0.3, -0.25) is 0 Å². The highest BCUT2D eigenvalue weighted by atomic mass is 35.5. The van der Waals surface area contributed by atoms with Crippen LogP contribution in [0.1, 0.15) is 18.5 Å². The summed E-state index contributed by atoms with van der Waals surface area (Å²) in [6.45, 7) is 4.06. The molecule has 1 aromatic carbocycles. The van der Waals surface area contributed by atoms with Crippen LogP contribution < -0.4 is 10.2 Å². The Labute approximate surface area is 139 Å². The van der Waals surface area contributed by atoms with Crippen molar-refractivity contribution in [2.75, 3.05) is 23.3 Å². The number of rotatable bonds is 3. The molecule has 1 fully saturated rings. The summed E-state index contributed by atoms with van der Waals surface area (Å²) in [6.07, 6.45) is 2.39. The molecular formula is C17H18ClN5. The molecule has 6 heteroatoms. The summed E-state index contributed by atoms with van der Waals surface area (Å²) in [7, 11) is 0.